The van der Waals surface area contributed by atoms with Crippen molar-refractivity contribution < 1.29 is 13.2 Å². The van der Waals surface area contributed by atoms with Gasteiger partial charge in [0, 0.05) is 12.1 Å². The average Bonchev–Trinajstić information content (AvgIpc) is 3.16. The van der Waals surface area contributed by atoms with Crippen LogP contribution < -0.4 is 4.72 Å². The lowest BCUT2D eigenvalue weighted by Gasteiger charge is -2.26. The van der Waals surface area contributed by atoms with Crippen LogP contribution in [-0.4, -0.2) is 32.3 Å². The fourth-order valence-electron chi connectivity index (χ4n) is 3.46. The maximum atomic E-state index is 13.0. The van der Waals surface area contributed by atoms with E-state index in [9.17, 15) is 13.2 Å². The Morgan fingerprint density at radius 1 is 1.22 bits per heavy atom. The van der Waals surface area contributed by atoms with Crippen LogP contribution >= 0.6 is 0 Å². The molecule has 0 spiro atoms. The topological polar surface area (TPSA) is 66.5 Å². The molecule has 0 aromatic heterocycles. The van der Waals surface area contributed by atoms with E-state index in [4.69, 9.17) is 6.42 Å². The van der Waals surface area contributed by atoms with Crippen LogP contribution in [0, 0.1) is 19.3 Å². The predicted molar refractivity (Wildman–Crippen MR) is 105 cm³/mol. The highest BCUT2D eigenvalue weighted by Crippen LogP contribution is 2.34. The third-order valence-corrected chi connectivity index (χ3v) is 6.25. The molecule has 3 rings (SSSR count). The Morgan fingerprint density at radius 2 is 1.93 bits per heavy atom. The van der Waals surface area contributed by atoms with E-state index in [1.165, 1.54) is 23.3 Å². The van der Waals surface area contributed by atoms with E-state index in [0.717, 1.165) is 12.8 Å². The van der Waals surface area contributed by atoms with Gasteiger partial charge in [0.05, 0.1) is 17.5 Å². The summed E-state index contributed by atoms with van der Waals surface area (Å²) in [4.78, 5) is 15.0. The van der Waals surface area contributed by atoms with Gasteiger partial charge in [0.25, 0.3) is 5.91 Å². The number of nitrogens with one attached hydrogen (secondary N) is 1. The molecule has 6 heteroatoms. The van der Waals surface area contributed by atoms with Crippen molar-refractivity contribution in [3.05, 3.63) is 65.2 Å². The van der Waals surface area contributed by atoms with Gasteiger partial charge in [-0.1, -0.05) is 30.2 Å². The second-order valence-electron chi connectivity index (χ2n) is 6.57. The number of sulfonamides is 1. The number of benzene rings is 2. The molecule has 1 heterocycles. The molecular weight excluding hydrogens is 360 g/mol. The number of likely N-dealkylation sites (tertiary alicyclic amines) is 1. The Hall–Kier alpha value is -2.62. The maximum absolute atomic E-state index is 13.0. The third-order valence-electron chi connectivity index (χ3n) is 4.84. The number of carbonyl (C=O) groups is 1. The predicted octanol–water partition coefficient (Wildman–Crippen LogP) is 2.88. The van der Waals surface area contributed by atoms with Crippen molar-refractivity contribution >= 4 is 15.9 Å². The highest BCUT2D eigenvalue weighted by molar-refractivity contribution is 7.89. The highest BCUT2D eigenvalue weighted by atomic mass is 32.2. The molecule has 27 heavy (non-hydrogen) atoms. The number of nitrogens with zero attached hydrogens (tertiary/aromatic N) is 1. The SMILES string of the molecule is C#CCNS(=O)(=O)c1ccc(C(=O)N2CCC[C@H]2c2ccccc2C)cc1. The van der Waals surface area contributed by atoms with Crippen LogP contribution in [0.3, 0.4) is 0 Å². The minimum atomic E-state index is -3.66. The van der Waals surface area contributed by atoms with E-state index in [1.54, 1.807) is 12.1 Å². The molecule has 1 aliphatic rings. The Morgan fingerprint density at radius 3 is 2.59 bits per heavy atom. The van der Waals surface area contributed by atoms with Crippen molar-refractivity contribution in [1.29, 1.82) is 0 Å². The molecule has 1 saturated heterocycles. The van der Waals surface area contributed by atoms with Crippen LogP contribution in [0.25, 0.3) is 0 Å². The first-order valence-electron chi connectivity index (χ1n) is 8.84. The van der Waals surface area contributed by atoms with E-state index < -0.39 is 10.0 Å². The summed E-state index contributed by atoms with van der Waals surface area (Å²) in [7, 11) is -3.66. The summed E-state index contributed by atoms with van der Waals surface area (Å²) >= 11 is 0. The number of hydrogen-bond donors (Lipinski definition) is 1. The molecule has 2 aromatic carbocycles. The van der Waals surface area contributed by atoms with E-state index >= 15 is 0 Å². The minimum Gasteiger partial charge on any atom is -0.332 e. The first-order chi connectivity index (χ1) is 12.9. The van der Waals surface area contributed by atoms with Gasteiger partial charge in [-0.2, -0.15) is 4.72 Å². The summed E-state index contributed by atoms with van der Waals surface area (Å²) in [6.45, 7) is 2.68. The van der Waals surface area contributed by atoms with Gasteiger partial charge in [-0.15, -0.1) is 6.42 Å². The molecule has 1 atom stereocenters. The van der Waals surface area contributed by atoms with E-state index in [-0.39, 0.29) is 23.4 Å². The number of hydrogen-bond acceptors (Lipinski definition) is 3. The van der Waals surface area contributed by atoms with Gasteiger partial charge in [0.15, 0.2) is 0 Å². The second-order valence-corrected chi connectivity index (χ2v) is 8.33. The fourth-order valence-corrected chi connectivity index (χ4v) is 4.39. The van der Waals surface area contributed by atoms with Gasteiger partial charge in [-0.3, -0.25) is 4.79 Å². The lowest BCUT2D eigenvalue weighted by Crippen LogP contribution is -2.31. The number of amides is 1. The summed E-state index contributed by atoms with van der Waals surface area (Å²) in [5, 5.41) is 0. The molecule has 0 unspecified atom stereocenters. The van der Waals surface area contributed by atoms with Crippen LogP contribution in [0.4, 0.5) is 0 Å². The molecule has 1 aliphatic heterocycles. The highest BCUT2D eigenvalue weighted by Gasteiger charge is 2.31. The number of terminal acetylenes is 1. The summed E-state index contributed by atoms with van der Waals surface area (Å²) in [6.07, 6.45) is 6.97. The van der Waals surface area contributed by atoms with Crippen molar-refractivity contribution in [2.75, 3.05) is 13.1 Å². The van der Waals surface area contributed by atoms with E-state index in [0.29, 0.717) is 12.1 Å². The van der Waals surface area contributed by atoms with Crippen LogP contribution in [0.2, 0.25) is 0 Å². The van der Waals surface area contributed by atoms with E-state index in [1.807, 2.05) is 17.0 Å². The molecule has 0 saturated carbocycles. The van der Waals surface area contributed by atoms with Crippen molar-refractivity contribution in [3.8, 4) is 12.3 Å². The maximum Gasteiger partial charge on any atom is 0.254 e. The van der Waals surface area contributed by atoms with Crippen LogP contribution in [-0.2, 0) is 10.0 Å². The summed E-state index contributed by atoms with van der Waals surface area (Å²) in [5.74, 6) is 2.15. The molecule has 5 nitrogen and oxygen atoms in total. The van der Waals surface area contributed by atoms with Gasteiger partial charge in [-0.25, -0.2) is 8.42 Å². The van der Waals surface area contributed by atoms with E-state index in [2.05, 4.69) is 29.7 Å². The molecule has 140 valence electrons. The Balaban J connectivity index is 1.81. The molecule has 1 N–H and O–H groups in total. The fraction of sp³-hybridized carbons (Fsp3) is 0.286. The van der Waals surface area contributed by atoms with Gasteiger partial charge >= 0.3 is 0 Å². The lowest BCUT2D eigenvalue weighted by molar-refractivity contribution is 0.0735. The largest absolute Gasteiger partial charge is 0.332 e. The van der Waals surface area contributed by atoms with Crippen molar-refractivity contribution in [2.24, 2.45) is 0 Å². The second kappa shape index (κ2) is 7.95. The quantitative estimate of drug-likeness (QED) is 0.809. The smallest absolute Gasteiger partial charge is 0.254 e. The number of carbonyl (C=O) groups excluding carboxylic acids is 1. The van der Waals surface area contributed by atoms with Crippen LogP contribution in [0.1, 0.15) is 40.4 Å². The molecular formula is C21H22N2O3S. The Labute approximate surface area is 160 Å². The molecule has 2 aromatic rings. The van der Waals surface area contributed by atoms with Crippen LogP contribution in [0.5, 0.6) is 0 Å². The Bertz CT molecular complexity index is 975. The number of rotatable bonds is 5. The van der Waals surface area contributed by atoms with Crippen molar-refractivity contribution in [1.82, 2.24) is 9.62 Å². The molecule has 0 radical (unpaired) electrons. The van der Waals surface area contributed by atoms with Crippen molar-refractivity contribution in [2.45, 2.75) is 30.7 Å². The standard InChI is InChI=1S/C21H22N2O3S/c1-3-14-22-27(25,26)18-12-10-17(11-13-18)21(24)23-15-6-9-20(23)19-8-5-4-7-16(19)2/h1,4-5,7-8,10-13,20,22H,6,9,14-15H2,2H3/t20-/m0/s1. The number of aryl methyl sites for hydroxylation is 1. The molecule has 1 amide bonds. The molecule has 0 aliphatic carbocycles. The van der Waals surface area contributed by atoms with Crippen molar-refractivity contribution in [3.63, 3.8) is 0 Å². The van der Waals surface area contributed by atoms with Gasteiger partial charge < -0.3 is 4.90 Å². The van der Waals surface area contributed by atoms with Gasteiger partial charge in [0.2, 0.25) is 10.0 Å². The average molecular weight is 382 g/mol. The Kier molecular flexibility index (Phi) is 5.64. The first-order valence-corrected chi connectivity index (χ1v) is 10.3. The first kappa shape index (κ1) is 19.2. The normalized spacial score (nSPS) is 16.9. The summed E-state index contributed by atoms with van der Waals surface area (Å²) in [6, 6.07) is 14.1. The molecule has 0 bridgehead atoms. The zero-order chi connectivity index (χ0) is 19.4. The zero-order valence-electron chi connectivity index (χ0n) is 15.2. The summed E-state index contributed by atoms with van der Waals surface area (Å²) in [5.41, 5.74) is 2.82. The monoisotopic (exact) mass is 382 g/mol. The summed E-state index contributed by atoms with van der Waals surface area (Å²) < 4.78 is 26.5. The minimum absolute atomic E-state index is 0.0550. The lowest BCUT2D eigenvalue weighted by atomic mass is 9.99. The molecule has 1 fully saturated rings. The third kappa shape index (κ3) is 4.05. The van der Waals surface area contributed by atoms with Crippen LogP contribution in [0.15, 0.2) is 53.4 Å². The zero-order valence-corrected chi connectivity index (χ0v) is 16.0. The van der Waals surface area contributed by atoms with Gasteiger partial charge in [0.1, 0.15) is 0 Å². The van der Waals surface area contributed by atoms with Gasteiger partial charge in [-0.05, 0) is 55.2 Å².